The Morgan fingerprint density at radius 2 is 1.73 bits per heavy atom. The Morgan fingerprint density at radius 3 is 2.46 bits per heavy atom. The topological polar surface area (TPSA) is 78.9 Å². The van der Waals surface area contributed by atoms with Crippen molar-refractivity contribution >= 4 is 40.8 Å². The molecule has 3 aliphatic rings. The van der Waals surface area contributed by atoms with Crippen LogP contribution in [-0.4, -0.2) is 40.2 Å². The molecule has 3 aromatic carbocycles. The van der Waals surface area contributed by atoms with Gasteiger partial charge in [0.25, 0.3) is 0 Å². The number of anilines is 1. The van der Waals surface area contributed by atoms with Gasteiger partial charge in [-0.1, -0.05) is 65.8 Å². The summed E-state index contributed by atoms with van der Waals surface area (Å²) in [4.78, 5) is 29.2. The van der Waals surface area contributed by atoms with E-state index in [2.05, 4.69) is 5.32 Å². The summed E-state index contributed by atoms with van der Waals surface area (Å²) in [6.07, 6.45) is 0.453. The number of nitrogens with one attached hydrogen (secondary N) is 1. The second-order valence-corrected chi connectivity index (χ2v) is 10.7. The fourth-order valence-electron chi connectivity index (χ4n) is 5.45. The molecule has 0 aliphatic carbocycles. The Labute approximate surface area is 223 Å². The van der Waals surface area contributed by atoms with Crippen molar-refractivity contribution < 1.29 is 19.4 Å². The van der Waals surface area contributed by atoms with Crippen molar-refractivity contribution in [2.75, 3.05) is 12.4 Å². The summed E-state index contributed by atoms with van der Waals surface area (Å²) >= 11 is 7.46. The number of ether oxygens (including phenoxy) is 1. The number of Topliss-reactive ketones (excluding diaryl/α,β-unsaturated/α-hetero) is 1. The molecule has 8 heteroatoms. The predicted molar refractivity (Wildman–Crippen MR) is 144 cm³/mol. The number of carbonyl (C=O) groups is 2. The van der Waals surface area contributed by atoms with Crippen LogP contribution in [0.15, 0.2) is 101 Å². The maximum atomic E-state index is 14.2. The van der Waals surface area contributed by atoms with Crippen molar-refractivity contribution in [1.82, 2.24) is 4.90 Å². The maximum Gasteiger partial charge on any atom is 0.339 e. The third-order valence-electron chi connectivity index (χ3n) is 7.06. The highest BCUT2D eigenvalue weighted by molar-refractivity contribution is 8.04. The van der Waals surface area contributed by atoms with Crippen molar-refractivity contribution in [2.45, 2.75) is 23.8 Å². The van der Waals surface area contributed by atoms with E-state index < -0.39 is 17.3 Å². The fourth-order valence-corrected chi connectivity index (χ4v) is 6.96. The summed E-state index contributed by atoms with van der Waals surface area (Å²) in [6.45, 7) is 0. The van der Waals surface area contributed by atoms with E-state index >= 15 is 0 Å². The van der Waals surface area contributed by atoms with E-state index in [4.69, 9.17) is 16.3 Å². The summed E-state index contributed by atoms with van der Waals surface area (Å²) in [5, 5.41) is 15.5. The number of ketones is 1. The second-order valence-electron chi connectivity index (χ2n) is 9.10. The Morgan fingerprint density at radius 1 is 1.03 bits per heavy atom. The third kappa shape index (κ3) is 3.90. The molecular weight excluding hydrogens is 508 g/mol. The molecular formula is C29H23ClN2O4S. The summed E-state index contributed by atoms with van der Waals surface area (Å²) in [7, 11) is 1.31. The van der Waals surface area contributed by atoms with Gasteiger partial charge in [-0.3, -0.25) is 4.79 Å². The van der Waals surface area contributed by atoms with E-state index in [9.17, 15) is 14.7 Å². The predicted octanol–water partition coefficient (Wildman–Crippen LogP) is 5.89. The van der Waals surface area contributed by atoms with Gasteiger partial charge in [-0.25, -0.2) is 4.79 Å². The molecule has 0 amide bonds. The Balaban J connectivity index is 1.57. The fraction of sp³-hybridized carbons (Fsp3) is 0.172. The van der Waals surface area contributed by atoms with Crippen molar-refractivity contribution in [1.29, 1.82) is 0 Å². The minimum Gasteiger partial charge on any atom is -0.510 e. The number of halogens is 1. The van der Waals surface area contributed by atoms with Gasteiger partial charge in [-0.2, -0.15) is 0 Å². The molecule has 37 heavy (non-hydrogen) atoms. The minimum atomic E-state index is -0.589. The third-order valence-corrected chi connectivity index (χ3v) is 8.58. The number of rotatable bonds is 5. The zero-order valence-corrected chi connectivity index (χ0v) is 21.4. The summed E-state index contributed by atoms with van der Waals surface area (Å²) in [6, 6.07) is 23.5. The number of hydrogen-bond donors (Lipinski definition) is 2. The highest BCUT2D eigenvalue weighted by Gasteiger charge is 2.54. The van der Waals surface area contributed by atoms with Gasteiger partial charge in [0.1, 0.15) is 16.5 Å². The van der Waals surface area contributed by atoms with Crippen molar-refractivity contribution in [2.24, 2.45) is 0 Å². The molecule has 3 unspecified atom stereocenters. The van der Waals surface area contributed by atoms with Crippen LogP contribution in [0.4, 0.5) is 5.69 Å². The lowest BCUT2D eigenvalue weighted by molar-refractivity contribution is -0.137. The number of fused-ring (bicyclic) bond motifs is 1. The van der Waals surface area contributed by atoms with Crippen LogP contribution in [0.5, 0.6) is 0 Å². The molecule has 0 saturated heterocycles. The Kier molecular flexibility index (Phi) is 5.97. The van der Waals surface area contributed by atoms with Gasteiger partial charge < -0.3 is 20.1 Å². The molecule has 6 nitrogen and oxygen atoms in total. The second kappa shape index (κ2) is 9.32. The van der Waals surface area contributed by atoms with Gasteiger partial charge >= 0.3 is 5.97 Å². The Bertz CT molecular complexity index is 1470. The molecule has 186 valence electrons. The molecule has 3 heterocycles. The van der Waals surface area contributed by atoms with E-state index in [-0.39, 0.29) is 23.2 Å². The van der Waals surface area contributed by atoms with Gasteiger partial charge in [0.15, 0.2) is 0 Å². The average molecular weight is 531 g/mol. The van der Waals surface area contributed by atoms with E-state index in [1.165, 1.54) is 18.9 Å². The van der Waals surface area contributed by atoms with E-state index in [0.717, 1.165) is 16.8 Å². The van der Waals surface area contributed by atoms with Crippen LogP contribution in [0.3, 0.4) is 0 Å². The number of carbonyl (C=O) groups excluding carboxylic acids is 2. The van der Waals surface area contributed by atoms with Crippen molar-refractivity contribution in [3.8, 4) is 0 Å². The van der Waals surface area contributed by atoms with E-state index in [1.54, 1.807) is 24.3 Å². The number of nitrogens with zero attached hydrogens (tertiary/aromatic N) is 1. The number of allylic oxidation sites excluding steroid dienone is 1. The lowest BCUT2D eigenvalue weighted by Gasteiger charge is -2.54. The first kappa shape index (κ1) is 23.7. The lowest BCUT2D eigenvalue weighted by Crippen LogP contribution is -2.56. The number of aliphatic hydroxyl groups excluding tert-OH is 1. The van der Waals surface area contributed by atoms with Crippen LogP contribution >= 0.6 is 23.4 Å². The Hall–Kier alpha value is -3.68. The molecule has 0 spiro atoms. The van der Waals surface area contributed by atoms with Gasteiger partial charge in [0.2, 0.25) is 5.78 Å². The van der Waals surface area contributed by atoms with Crippen molar-refractivity contribution in [3.05, 3.63) is 123 Å². The van der Waals surface area contributed by atoms with Gasteiger partial charge in [0, 0.05) is 16.3 Å². The first-order valence-corrected chi connectivity index (χ1v) is 13.1. The highest BCUT2D eigenvalue weighted by atomic mass is 35.5. The number of para-hydroxylation sites is 1. The largest absolute Gasteiger partial charge is 0.510 e. The van der Waals surface area contributed by atoms with Crippen LogP contribution in [0.25, 0.3) is 0 Å². The molecule has 3 atom stereocenters. The normalized spacial score (nSPS) is 21.9. The molecule has 0 saturated carbocycles. The lowest BCUT2D eigenvalue weighted by atomic mass is 9.77. The zero-order chi connectivity index (χ0) is 25.7. The molecule has 6 rings (SSSR count). The van der Waals surface area contributed by atoms with Crippen LogP contribution in [0, 0.1) is 0 Å². The average Bonchev–Trinajstić information content (AvgIpc) is 2.92. The van der Waals surface area contributed by atoms with Crippen molar-refractivity contribution in [3.63, 3.8) is 0 Å². The van der Waals surface area contributed by atoms with Gasteiger partial charge in [0.05, 0.1) is 30.0 Å². The molecule has 0 radical (unpaired) electrons. The van der Waals surface area contributed by atoms with E-state index in [1.807, 2.05) is 59.5 Å². The molecule has 0 aromatic heterocycles. The van der Waals surface area contributed by atoms with Crippen LogP contribution in [0.1, 0.15) is 27.5 Å². The SMILES string of the molecule is COC(=O)C1=C(O)C2SC(Nc3ccccc3)=C(C(=O)c3ccc(Cl)cc3)N3C1Cc1ccccc1C23. The van der Waals surface area contributed by atoms with E-state index in [0.29, 0.717) is 27.7 Å². The number of methoxy groups -OCH3 is 1. The summed E-state index contributed by atoms with van der Waals surface area (Å²) < 4.78 is 5.10. The van der Waals surface area contributed by atoms with Crippen LogP contribution in [-0.2, 0) is 16.0 Å². The number of benzene rings is 3. The number of thioether (sulfide) groups is 1. The standard InChI is InChI=1S/C29H23ClN2O4S/c1-36-29(35)22-21-15-17-7-5-6-10-20(17)23-27(26(22)34)37-28(31-19-8-3-2-4-9-19)24(32(21)23)25(33)16-11-13-18(30)14-12-16/h2-14,21,23,27,31,34H,15H2,1H3. The van der Waals surface area contributed by atoms with Gasteiger partial charge in [-0.15, -0.1) is 0 Å². The maximum absolute atomic E-state index is 14.2. The number of hydrogen-bond acceptors (Lipinski definition) is 7. The first-order valence-electron chi connectivity index (χ1n) is 11.9. The number of esters is 1. The molecule has 2 N–H and O–H groups in total. The molecule has 4 bridgehead atoms. The quantitative estimate of drug-likeness (QED) is 0.315. The molecule has 3 aromatic rings. The van der Waals surface area contributed by atoms with Crippen LogP contribution in [0.2, 0.25) is 5.02 Å². The minimum absolute atomic E-state index is 0.00274. The monoisotopic (exact) mass is 530 g/mol. The summed E-state index contributed by atoms with van der Waals surface area (Å²) in [5.74, 6) is -0.780. The number of aliphatic hydroxyl groups is 1. The van der Waals surface area contributed by atoms with Crippen LogP contribution < -0.4 is 5.32 Å². The highest BCUT2D eigenvalue weighted by Crippen LogP contribution is 2.56. The molecule has 0 fully saturated rings. The first-order chi connectivity index (χ1) is 18.0. The van der Waals surface area contributed by atoms with Gasteiger partial charge in [-0.05, 0) is 53.9 Å². The smallest absolute Gasteiger partial charge is 0.339 e. The molecule has 3 aliphatic heterocycles. The zero-order valence-electron chi connectivity index (χ0n) is 19.9. The summed E-state index contributed by atoms with van der Waals surface area (Å²) in [5.41, 5.74) is 4.07.